The molecule has 0 aromatic carbocycles. The van der Waals surface area contributed by atoms with Crippen molar-refractivity contribution in [2.24, 2.45) is 11.3 Å². The van der Waals surface area contributed by atoms with Crippen LogP contribution in [0.1, 0.15) is 53.4 Å². The summed E-state index contributed by atoms with van der Waals surface area (Å²) in [7, 11) is 0. The van der Waals surface area contributed by atoms with Crippen molar-refractivity contribution < 1.29 is 4.74 Å². The van der Waals surface area contributed by atoms with Crippen LogP contribution >= 0.6 is 0 Å². The SMILES string of the molecule is C[C]1C(C)CCC(C)(C)C12CCCO2. The van der Waals surface area contributed by atoms with Crippen LogP contribution in [0.4, 0.5) is 0 Å². The van der Waals surface area contributed by atoms with E-state index in [0.717, 1.165) is 12.5 Å². The number of hydrogen-bond donors (Lipinski definition) is 0. The molecule has 2 unspecified atom stereocenters. The number of rotatable bonds is 0. The molecule has 1 aliphatic heterocycles. The lowest BCUT2D eigenvalue weighted by Crippen LogP contribution is -2.53. The van der Waals surface area contributed by atoms with Crippen LogP contribution in [0.25, 0.3) is 0 Å². The molecule has 0 N–H and O–H groups in total. The standard InChI is InChI=1S/C13H23O/c1-10-6-8-12(3,4)13(11(10)2)7-5-9-14-13/h10H,5-9H2,1-4H3. The van der Waals surface area contributed by atoms with Crippen molar-refractivity contribution in [1.82, 2.24) is 0 Å². The molecule has 14 heavy (non-hydrogen) atoms. The Morgan fingerprint density at radius 1 is 1.29 bits per heavy atom. The first kappa shape index (κ1) is 10.5. The maximum absolute atomic E-state index is 6.14. The van der Waals surface area contributed by atoms with E-state index in [1.54, 1.807) is 5.92 Å². The highest BCUT2D eigenvalue weighted by Crippen LogP contribution is 2.56. The molecule has 0 bridgehead atoms. The third-order valence-corrected chi connectivity index (χ3v) is 4.69. The van der Waals surface area contributed by atoms with Crippen LogP contribution in [0.3, 0.4) is 0 Å². The van der Waals surface area contributed by atoms with E-state index < -0.39 is 0 Å². The summed E-state index contributed by atoms with van der Waals surface area (Å²) in [5.74, 6) is 2.35. The van der Waals surface area contributed by atoms with Gasteiger partial charge in [0.1, 0.15) is 0 Å². The van der Waals surface area contributed by atoms with Gasteiger partial charge in [0.25, 0.3) is 0 Å². The lowest BCUT2D eigenvalue weighted by Gasteiger charge is -2.53. The predicted molar refractivity (Wildman–Crippen MR) is 59.0 cm³/mol. The van der Waals surface area contributed by atoms with Crippen LogP contribution in [-0.4, -0.2) is 12.2 Å². The van der Waals surface area contributed by atoms with E-state index in [1.165, 1.54) is 25.7 Å². The highest BCUT2D eigenvalue weighted by molar-refractivity contribution is 5.20. The van der Waals surface area contributed by atoms with E-state index >= 15 is 0 Å². The maximum Gasteiger partial charge on any atom is 0.0796 e. The van der Waals surface area contributed by atoms with E-state index in [2.05, 4.69) is 27.7 Å². The largest absolute Gasteiger partial charge is 0.374 e. The Balaban J connectivity index is 2.31. The van der Waals surface area contributed by atoms with Gasteiger partial charge in [0.05, 0.1) is 5.60 Å². The molecule has 1 radical (unpaired) electrons. The zero-order valence-corrected chi connectivity index (χ0v) is 10.0. The van der Waals surface area contributed by atoms with Gasteiger partial charge < -0.3 is 4.74 Å². The zero-order valence-electron chi connectivity index (χ0n) is 10.0. The van der Waals surface area contributed by atoms with Crippen LogP contribution in [0.5, 0.6) is 0 Å². The van der Waals surface area contributed by atoms with Crippen molar-refractivity contribution in [2.45, 2.75) is 59.0 Å². The first-order valence-corrected chi connectivity index (χ1v) is 5.97. The fraction of sp³-hybridized carbons (Fsp3) is 0.923. The molecule has 1 nitrogen and oxygen atoms in total. The van der Waals surface area contributed by atoms with E-state index in [4.69, 9.17) is 4.74 Å². The molecule has 1 aliphatic carbocycles. The van der Waals surface area contributed by atoms with Gasteiger partial charge in [-0.2, -0.15) is 0 Å². The zero-order chi connectivity index (χ0) is 10.4. The monoisotopic (exact) mass is 195 g/mol. The van der Waals surface area contributed by atoms with Crippen molar-refractivity contribution in [3.8, 4) is 0 Å². The molecule has 2 aliphatic rings. The third kappa shape index (κ3) is 1.25. The van der Waals surface area contributed by atoms with Gasteiger partial charge in [0, 0.05) is 12.5 Å². The molecule has 1 saturated heterocycles. The van der Waals surface area contributed by atoms with Gasteiger partial charge >= 0.3 is 0 Å². The van der Waals surface area contributed by atoms with Gasteiger partial charge in [-0.25, -0.2) is 0 Å². The topological polar surface area (TPSA) is 9.23 Å². The second-order valence-electron chi connectivity index (χ2n) is 5.79. The van der Waals surface area contributed by atoms with Crippen LogP contribution < -0.4 is 0 Å². The summed E-state index contributed by atoms with van der Waals surface area (Å²) in [5, 5.41) is 0. The normalized spacial score (nSPS) is 43.3. The average Bonchev–Trinajstić information content (AvgIpc) is 2.61. The smallest absolute Gasteiger partial charge is 0.0796 e. The summed E-state index contributed by atoms with van der Waals surface area (Å²) < 4.78 is 6.14. The van der Waals surface area contributed by atoms with Crippen LogP contribution in [0.15, 0.2) is 0 Å². The van der Waals surface area contributed by atoms with Gasteiger partial charge in [-0.3, -0.25) is 0 Å². The lowest BCUT2D eigenvalue weighted by molar-refractivity contribution is -0.103. The van der Waals surface area contributed by atoms with Crippen molar-refractivity contribution in [3.63, 3.8) is 0 Å². The summed E-state index contributed by atoms with van der Waals surface area (Å²) in [5.41, 5.74) is 0.463. The number of ether oxygens (including phenoxy) is 1. The molecule has 0 aromatic heterocycles. The molecule has 2 fully saturated rings. The quantitative estimate of drug-likeness (QED) is 0.574. The molecule has 1 saturated carbocycles. The first-order chi connectivity index (χ1) is 6.50. The summed E-state index contributed by atoms with van der Waals surface area (Å²) in [4.78, 5) is 0. The molecular weight excluding hydrogens is 172 g/mol. The fourth-order valence-corrected chi connectivity index (χ4v) is 3.41. The molecule has 1 heterocycles. The summed E-state index contributed by atoms with van der Waals surface area (Å²) in [6.45, 7) is 10.4. The summed E-state index contributed by atoms with van der Waals surface area (Å²) >= 11 is 0. The molecule has 1 spiro atoms. The van der Waals surface area contributed by atoms with Crippen LogP contribution in [0, 0.1) is 17.3 Å². The van der Waals surface area contributed by atoms with Crippen molar-refractivity contribution >= 4 is 0 Å². The minimum atomic E-state index is 0.116. The predicted octanol–water partition coefficient (Wildman–Crippen LogP) is 3.59. The summed E-state index contributed by atoms with van der Waals surface area (Å²) in [6, 6.07) is 0. The van der Waals surface area contributed by atoms with Crippen molar-refractivity contribution in [1.29, 1.82) is 0 Å². The Kier molecular flexibility index (Phi) is 2.42. The molecule has 0 aromatic rings. The van der Waals surface area contributed by atoms with Gasteiger partial charge in [0.2, 0.25) is 0 Å². The molecule has 81 valence electrons. The number of hydrogen-bond acceptors (Lipinski definition) is 1. The molecule has 0 amide bonds. The van der Waals surface area contributed by atoms with Crippen LogP contribution in [0.2, 0.25) is 0 Å². The minimum Gasteiger partial charge on any atom is -0.374 e. The van der Waals surface area contributed by atoms with Crippen molar-refractivity contribution in [3.05, 3.63) is 5.92 Å². The molecular formula is C13H23O. The highest BCUT2D eigenvalue weighted by atomic mass is 16.5. The van der Waals surface area contributed by atoms with E-state index in [-0.39, 0.29) is 5.60 Å². The van der Waals surface area contributed by atoms with Crippen LogP contribution in [-0.2, 0) is 4.74 Å². The summed E-state index contributed by atoms with van der Waals surface area (Å²) in [6.07, 6.45) is 5.14. The third-order valence-electron chi connectivity index (χ3n) is 4.69. The lowest BCUT2D eigenvalue weighted by atomic mass is 9.56. The Bertz CT molecular complexity index is 213. The fourth-order valence-electron chi connectivity index (χ4n) is 3.41. The Morgan fingerprint density at radius 3 is 2.57 bits per heavy atom. The molecule has 2 rings (SSSR count). The maximum atomic E-state index is 6.14. The average molecular weight is 195 g/mol. The minimum absolute atomic E-state index is 0.116. The first-order valence-electron chi connectivity index (χ1n) is 5.97. The Morgan fingerprint density at radius 2 is 2.00 bits per heavy atom. The molecule has 2 atom stereocenters. The van der Waals surface area contributed by atoms with E-state index in [1.807, 2.05) is 0 Å². The van der Waals surface area contributed by atoms with E-state index in [9.17, 15) is 0 Å². The van der Waals surface area contributed by atoms with Gasteiger partial charge in [-0.05, 0) is 37.0 Å². The molecule has 1 heteroatoms. The highest BCUT2D eigenvalue weighted by Gasteiger charge is 2.55. The van der Waals surface area contributed by atoms with Crippen molar-refractivity contribution in [2.75, 3.05) is 6.61 Å². The second-order valence-corrected chi connectivity index (χ2v) is 5.79. The van der Waals surface area contributed by atoms with Gasteiger partial charge in [0.15, 0.2) is 0 Å². The van der Waals surface area contributed by atoms with Gasteiger partial charge in [-0.1, -0.05) is 27.7 Å². The second kappa shape index (κ2) is 3.23. The van der Waals surface area contributed by atoms with E-state index in [0.29, 0.717) is 5.41 Å². The Hall–Kier alpha value is -0.0400. The Labute approximate surface area is 88.2 Å². The van der Waals surface area contributed by atoms with Gasteiger partial charge in [-0.15, -0.1) is 0 Å².